The molecule has 1 saturated heterocycles. The number of nitrogens with zero attached hydrogens (tertiary/aromatic N) is 3. The molecule has 1 aliphatic rings. The number of carboxylic acid groups (broad SMARTS) is 3. The molecule has 12 heteroatoms. The van der Waals surface area contributed by atoms with Crippen LogP contribution in [0, 0.1) is 13.8 Å². The lowest BCUT2D eigenvalue weighted by Gasteiger charge is -2.40. The summed E-state index contributed by atoms with van der Waals surface area (Å²) >= 11 is 0. The first kappa shape index (κ1) is 30.5. The monoisotopic (exact) mass is 525 g/mol. The van der Waals surface area contributed by atoms with Crippen LogP contribution in [-0.2, 0) is 14.4 Å². The zero-order chi connectivity index (χ0) is 27.4. The minimum Gasteiger partial charge on any atom is -0.490 e. The van der Waals surface area contributed by atoms with Crippen LogP contribution in [0.15, 0.2) is 18.2 Å². The number of carboxylic acids is 3. The number of ether oxygens (including phenoxy) is 1. The van der Waals surface area contributed by atoms with Gasteiger partial charge in [-0.1, -0.05) is 18.2 Å². The summed E-state index contributed by atoms with van der Waals surface area (Å²) < 4.78 is 5.96. The summed E-state index contributed by atoms with van der Waals surface area (Å²) in [5.41, 5.74) is 1.89. The van der Waals surface area contributed by atoms with E-state index >= 15 is 0 Å². The minimum atomic E-state index is -1.02. The van der Waals surface area contributed by atoms with E-state index in [1.54, 1.807) is 9.80 Å². The number of quaternary nitrogens is 1. The van der Waals surface area contributed by atoms with Gasteiger partial charge in [0.15, 0.2) is 6.54 Å². The first-order valence-corrected chi connectivity index (χ1v) is 12.5. The summed E-state index contributed by atoms with van der Waals surface area (Å²) in [6.07, 6.45) is -0.940. The molecule has 0 bridgehead atoms. The second-order valence-corrected chi connectivity index (χ2v) is 9.80. The number of carbonyl (C=O) groups is 3. The topological polar surface area (TPSA) is 160 Å². The van der Waals surface area contributed by atoms with Gasteiger partial charge >= 0.3 is 17.9 Å². The van der Waals surface area contributed by atoms with E-state index in [9.17, 15) is 34.8 Å². The molecular formula is C25H41N4O8+. The fraction of sp³-hybridized carbons (Fsp3) is 0.640. The summed E-state index contributed by atoms with van der Waals surface area (Å²) in [6.45, 7) is 6.44. The average Bonchev–Trinajstić information content (AvgIpc) is 2.78. The molecule has 0 saturated carbocycles. The zero-order valence-electron chi connectivity index (χ0n) is 21.8. The summed E-state index contributed by atoms with van der Waals surface area (Å²) in [4.78, 5) is 38.0. The van der Waals surface area contributed by atoms with E-state index in [4.69, 9.17) is 4.74 Å². The van der Waals surface area contributed by atoms with Gasteiger partial charge in [0.2, 0.25) is 0 Å². The van der Waals surface area contributed by atoms with Gasteiger partial charge < -0.3 is 35.0 Å². The Labute approximate surface area is 217 Å². The van der Waals surface area contributed by atoms with Crippen LogP contribution in [0.25, 0.3) is 0 Å². The van der Waals surface area contributed by atoms with E-state index in [1.165, 1.54) is 0 Å². The largest absolute Gasteiger partial charge is 0.490 e. The number of nitrogens with one attached hydrogen (secondary N) is 1. The van der Waals surface area contributed by atoms with Gasteiger partial charge in [0.1, 0.15) is 25.0 Å². The Bertz CT molecular complexity index is 894. The number of benzene rings is 1. The SMILES string of the molecule is Cc1cccc(C)c1OCC(O)C[N+]1(CC(=O)O)CCNCCN(CC(=O)O)CCN(CC(=O)O)CC1. The molecule has 37 heavy (non-hydrogen) atoms. The molecule has 0 spiro atoms. The van der Waals surface area contributed by atoms with E-state index in [1.807, 2.05) is 32.0 Å². The van der Waals surface area contributed by atoms with Gasteiger partial charge in [-0.2, -0.15) is 0 Å². The van der Waals surface area contributed by atoms with Crippen LogP contribution in [-0.4, -0.2) is 144 Å². The van der Waals surface area contributed by atoms with Gasteiger partial charge in [0.05, 0.1) is 26.2 Å². The first-order valence-electron chi connectivity index (χ1n) is 12.5. The summed E-state index contributed by atoms with van der Waals surface area (Å²) in [5.74, 6) is -2.28. The van der Waals surface area contributed by atoms with Crippen LogP contribution in [0.5, 0.6) is 5.75 Å². The maximum Gasteiger partial charge on any atom is 0.359 e. The van der Waals surface area contributed by atoms with E-state index < -0.39 is 24.0 Å². The van der Waals surface area contributed by atoms with Crippen molar-refractivity contribution in [2.45, 2.75) is 20.0 Å². The number of aliphatic carboxylic acids is 3. The number of hydrogen-bond acceptors (Lipinski definition) is 8. The van der Waals surface area contributed by atoms with Crippen molar-refractivity contribution in [2.24, 2.45) is 0 Å². The molecule has 0 aliphatic carbocycles. The Morgan fingerprint density at radius 3 is 2.08 bits per heavy atom. The number of aliphatic hydroxyl groups excluding tert-OH is 1. The van der Waals surface area contributed by atoms with E-state index in [2.05, 4.69) is 5.32 Å². The Morgan fingerprint density at radius 2 is 1.51 bits per heavy atom. The Kier molecular flexibility index (Phi) is 12.2. The third kappa shape index (κ3) is 11.0. The van der Waals surface area contributed by atoms with Crippen molar-refractivity contribution in [3.63, 3.8) is 0 Å². The molecule has 1 heterocycles. The number of aryl methyl sites for hydroxylation is 2. The van der Waals surface area contributed by atoms with Gasteiger partial charge in [0.25, 0.3) is 0 Å². The summed E-state index contributed by atoms with van der Waals surface area (Å²) in [7, 11) is 0. The Balaban J connectivity index is 2.18. The quantitative estimate of drug-likeness (QED) is 0.233. The van der Waals surface area contributed by atoms with Crippen molar-refractivity contribution in [2.75, 3.05) is 85.1 Å². The van der Waals surface area contributed by atoms with Crippen LogP contribution < -0.4 is 10.1 Å². The van der Waals surface area contributed by atoms with Crippen molar-refractivity contribution in [3.8, 4) is 5.75 Å². The Morgan fingerprint density at radius 1 is 0.919 bits per heavy atom. The number of rotatable bonds is 11. The molecule has 2 unspecified atom stereocenters. The molecule has 5 N–H and O–H groups in total. The number of aliphatic hydroxyl groups is 1. The predicted molar refractivity (Wildman–Crippen MR) is 136 cm³/mol. The molecule has 1 aliphatic heterocycles. The smallest absolute Gasteiger partial charge is 0.359 e. The van der Waals surface area contributed by atoms with E-state index in [0.717, 1.165) is 11.1 Å². The van der Waals surface area contributed by atoms with Crippen LogP contribution in [0.3, 0.4) is 0 Å². The van der Waals surface area contributed by atoms with Crippen molar-refractivity contribution in [3.05, 3.63) is 29.3 Å². The lowest BCUT2D eigenvalue weighted by Crippen LogP contribution is -2.61. The van der Waals surface area contributed by atoms with Crippen LogP contribution in [0.1, 0.15) is 11.1 Å². The lowest BCUT2D eigenvalue weighted by atomic mass is 10.1. The molecular weight excluding hydrogens is 484 g/mol. The molecule has 2 rings (SSSR count). The fourth-order valence-corrected chi connectivity index (χ4v) is 4.75. The van der Waals surface area contributed by atoms with Crippen molar-refractivity contribution in [1.29, 1.82) is 0 Å². The second-order valence-electron chi connectivity index (χ2n) is 9.80. The molecule has 2 atom stereocenters. The van der Waals surface area contributed by atoms with Gasteiger partial charge in [0, 0.05) is 39.3 Å². The fourth-order valence-electron chi connectivity index (χ4n) is 4.75. The second kappa shape index (κ2) is 14.8. The zero-order valence-corrected chi connectivity index (χ0v) is 21.8. The lowest BCUT2D eigenvalue weighted by molar-refractivity contribution is -0.922. The highest BCUT2D eigenvalue weighted by molar-refractivity contribution is 5.69. The van der Waals surface area contributed by atoms with Gasteiger partial charge in [-0.25, -0.2) is 4.79 Å². The number of hydrogen-bond donors (Lipinski definition) is 5. The average molecular weight is 526 g/mol. The third-order valence-electron chi connectivity index (χ3n) is 6.61. The summed E-state index contributed by atoms with van der Waals surface area (Å²) in [5, 5.41) is 42.5. The molecule has 0 amide bonds. The summed E-state index contributed by atoms with van der Waals surface area (Å²) in [6, 6.07) is 5.77. The molecule has 1 aromatic rings. The van der Waals surface area contributed by atoms with Crippen molar-refractivity contribution < 1.29 is 44.0 Å². The standard InChI is InChI=1S/C25H40N4O8/c1-19-4-3-5-20(2)25(19)37-18-21(30)16-29(17-24(35)36)12-7-26-6-8-27(14-22(31)32)9-10-28(11-13-29)15-23(33)34/h3-5,21,26,30H,6-18H2,1-2H3,(H2-,31,32,33,34,35,36)/p+1. The van der Waals surface area contributed by atoms with E-state index in [-0.39, 0.29) is 43.8 Å². The first-order chi connectivity index (χ1) is 17.5. The predicted octanol–water partition coefficient (Wildman–Crippen LogP) is -0.679. The van der Waals surface area contributed by atoms with Crippen molar-refractivity contribution >= 4 is 17.9 Å². The van der Waals surface area contributed by atoms with Gasteiger partial charge in [-0.05, 0) is 25.0 Å². The molecule has 12 nitrogen and oxygen atoms in total. The Hall–Kier alpha value is -2.77. The highest BCUT2D eigenvalue weighted by Gasteiger charge is 2.34. The third-order valence-corrected chi connectivity index (χ3v) is 6.61. The molecule has 208 valence electrons. The highest BCUT2D eigenvalue weighted by atomic mass is 16.5. The van der Waals surface area contributed by atoms with Gasteiger partial charge in [-0.3, -0.25) is 19.4 Å². The maximum atomic E-state index is 11.9. The molecule has 0 aromatic heterocycles. The van der Waals surface area contributed by atoms with Crippen LogP contribution >= 0.6 is 0 Å². The highest BCUT2D eigenvalue weighted by Crippen LogP contribution is 2.22. The number of para-hydroxylation sites is 1. The molecule has 0 radical (unpaired) electrons. The maximum absolute atomic E-state index is 11.9. The molecule has 1 fully saturated rings. The van der Waals surface area contributed by atoms with Crippen LogP contribution in [0.4, 0.5) is 0 Å². The van der Waals surface area contributed by atoms with Gasteiger partial charge in [-0.15, -0.1) is 0 Å². The van der Waals surface area contributed by atoms with E-state index in [0.29, 0.717) is 51.6 Å². The molecule has 1 aromatic carbocycles. The van der Waals surface area contributed by atoms with Crippen LogP contribution in [0.2, 0.25) is 0 Å². The normalized spacial score (nSPS) is 21.4. The minimum absolute atomic E-state index is 0.00172. The van der Waals surface area contributed by atoms with Crippen molar-refractivity contribution in [1.82, 2.24) is 15.1 Å².